The van der Waals surface area contributed by atoms with Gasteiger partial charge in [0.15, 0.2) is 5.78 Å². The molecule has 0 aromatic heterocycles. The van der Waals surface area contributed by atoms with Gasteiger partial charge in [0, 0.05) is 53.6 Å². The maximum Gasteiger partial charge on any atom is 0.189 e. The predicted molar refractivity (Wildman–Crippen MR) is 222 cm³/mol. The van der Waals surface area contributed by atoms with Crippen LogP contribution in [0.3, 0.4) is 0 Å². The quantitative estimate of drug-likeness (QED) is 0.119. The number of allylic oxidation sites excluding steroid dienone is 4. The smallest absolute Gasteiger partial charge is 0.189 e. The number of ketones is 1. The van der Waals surface area contributed by atoms with Crippen molar-refractivity contribution >= 4 is 5.78 Å². The second-order valence-corrected chi connectivity index (χ2v) is 19.1. The second-order valence-electron chi connectivity index (χ2n) is 19.1. The highest BCUT2D eigenvalue weighted by Gasteiger charge is 2.74. The molecule has 2 bridgehead atoms. The van der Waals surface area contributed by atoms with Crippen molar-refractivity contribution in [3.05, 3.63) is 120 Å². The van der Waals surface area contributed by atoms with Crippen LogP contribution in [0, 0.1) is 33.5 Å². The topological polar surface area (TPSA) is 99.5 Å². The number of rotatable bonds is 13. The van der Waals surface area contributed by atoms with Gasteiger partial charge < -0.3 is 24.8 Å². The summed E-state index contributed by atoms with van der Waals surface area (Å²) in [5, 5.41) is 35.7. The van der Waals surface area contributed by atoms with E-state index < -0.39 is 28.6 Å². The number of Topliss-reactive ketones (excluding diaryl/α,β-unsaturated/α-hetero) is 1. The summed E-state index contributed by atoms with van der Waals surface area (Å²) in [5.41, 5.74) is 2.31. The molecule has 10 rings (SSSR count). The molecule has 3 aromatic rings. The van der Waals surface area contributed by atoms with Gasteiger partial charge in [-0.2, -0.15) is 0 Å². The minimum Gasteiger partial charge on any atom is -0.393 e. The summed E-state index contributed by atoms with van der Waals surface area (Å²) in [6.07, 6.45) is 13.6. The Morgan fingerprint density at radius 1 is 0.860 bits per heavy atom. The van der Waals surface area contributed by atoms with Crippen molar-refractivity contribution in [2.75, 3.05) is 32.8 Å². The van der Waals surface area contributed by atoms with E-state index >= 15 is 4.79 Å². The van der Waals surface area contributed by atoms with Gasteiger partial charge in [-0.15, -0.1) is 0 Å². The van der Waals surface area contributed by atoms with Crippen molar-refractivity contribution in [3.63, 3.8) is 0 Å². The van der Waals surface area contributed by atoms with Crippen LogP contribution in [0.15, 0.2) is 109 Å². The molecule has 3 aromatic carbocycles. The lowest BCUT2D eigenvalue weighted by Crippen LogP contribution is -2.67. The summed E-state index contributed by atoms with van der Waals surface area (Å²) in [7, 11) is 0. The van der Waals surface area contributed by atoms with E-state index in [1.807, 2.05) is 60.7 Å². The van der Waals surface area contributed by atoms with Crippen LogP contribution in [-0.2, 0) is 16.1 Å². The lowest BCUT2D eigenvalue weighted by molar-refractivity contribution is -0.177. The van der Waals surface area contributed by atoms with E-state index in [1.54, 1.807) is 0 Å². The normalized spacial score (nSPS) is 37.1. The average molecular weight is 772 g/mol. The number of hydrogen-bond donors (Lipinski definition) is 3. The highest BCUT2D eigenvalue weighted by atomic mass is 16.5. The zero-order valence-corrected chi connectivity index (χ0v) is 33.8. The van der Waals surface area contributed by atoms with Gasteiger partial charge in [0.1, 0.15) is 0 Å². The van der Waals surface area contributed by atoms with Gasteiger partial charge in [-0.3, -0.25) is 9.69 Å². The average Bonchev–Trinajstić information content (AvgIpc) is 3.83. The van der Waals surface area contributed by atoms with E-state index in [9.17, 15) is 15.3 Å². The molecule has 3 N–H and O–H groups in total. The van der Waals surface area contributed by atoms with Gasteiger partial charge in [0.2, 0.25) is 0 Å². The Kier molecular flexibility index (Phi) is 10.3. The van der Waals surface area contributed by atoms with Crippen molar-refractivity contribution in [2.45, 2.75) is 102 Å². The molecule has 2 spiro atoms. The summed E-state index contributed by atoms with van der Waals surface area (Å²) in [5.74, 6) is 0.347. The van der Waals surface area contributed by atoms with Gasteiger partial charge in [-0.1, -0.05) is 117 Å². The van der Waals surface area contributed by atoms with Crippen LogP contribution in [0.1, 0.15) is 87.6 Å². The van der Waals surface area contributed by atoms with Gasteiger partial charge in [0.25, 0.3) is 0 Å². The highest BCUT2D eigenvalue weighted by Crippen LogP contribution is 2.78. The largest absolute Gasteiger partial charge is 0.393 e. The number of aliphatic hydroxyl groups excluding tert-OH is 2. The van der Waals surface area contributed by atoms with Crippen LogP contribution in [0.5, 0.6) is 0 Å². The van der Waals surface area contributed by atoms with E-state index in [1.165, 1.54) is 0 Å². The first-order valence-corrected chi connectivity index (χ1v) is 21.7. The first-order valence-electron chi connectivity index (χ1n) is 21.7. The summed E-state index contributed by atoms with van der Waals surface area (Å²) in [6, 6.07) is 28.4. The molecular formula is C50H61NO6. The lowest BCUT2D eigenvalue weighted by Gasteiger charge is -2.71. The number of nitrogens with zero attached hydrogens (tertiary/aromatic N) is 1. The molecule has 1 saturated heterocycles. The molecule has 4 fully saturated rings. The number of hydrogen-bond acceptors (Lipinski definition) is 7. The van der Waals surface area contributed by atoms with Crippen molar-refractivity contribution < 1.29 is 29.6 Å². The number of carbonyl (C=O) groups excluding carboxylic acids is 1. The van der Waals surface area contributed by atoms with Crippen LogP contribution in [0.2, 0.25) is 0 Å². The molecule has 57 heavy (non-hydrogen) atoms. The van der Waals surface area contributed by atoms with Gasteiger partial charge in [-0.25, -0.2) is 0 Å². The third-order valence-electron chi connectivity index (χ3n) is 16.1. The fourth-order valence-corrected chi connectivity index (χ4v) is 13.1. The highest BCUT2D eigenvalue weighted by molar-refractivity contribution is 6.10. The molecule has 6 aliphatic carbocycles. The summed E-state index contributed by atoms with van der Waals surface area (Å²) >= 11 is 0. The molecule has 10 unspecified atom stereocenters. The Balaban J connectivity index is 1.02. The molecule has 1 aliphatic heterocycles. The number of fused-ring (bicyclic) bond motifs is 1. The Morgan fingerprint density at radius 2 is 1.54 bits per heavy atom. The Labute approximate surface area is 338 Å². The summed E-state index contributed by atoms with van der Waals surface area (Å²) in [6.45, 7) is 7.60. The fourth-order valence-electron chi connectivity index (χ4n) is 13.1. The SMILES string of the molecule is CC12CCC(O)CC13C=CC1(C(C(=O)c4ccc(-c5ccccc5)cc4)=C3)C2CCC2(C)C1CCC2(O)CN(CC(O)COCc1ccccc1)CC1CCCO1. The zero-order valence-electron chi connectivity index (χ0n) is 33.8. The van der Waals surface area contributed by atoms with E-state index in [2.05, 4.69) is 61.2 Å². The molecule has 0 amide bonds. The van der Waals surface area contributed by atoms with Gasteiger partial charge in [-0.05, 0) is 91.7 Å². The molecule has 10 atom stereocenters. The van der Waals surface area contributed by atoms with Crippen LogP contribution < -0.4 is 0 Å². The molecule has 0 radical (unpaired) electrons. The monoisotopic (exact) mass is 771 g/mol. The van der Waals surface area contributed by atoms with Crippen LogP contribution in [0.4, 0.5) is 0 Å². The molecular weight excluding hydrogens is 711 g/mol. The molecule has 7 heteroatoms. The van der Waals surface area contributed by atoms with E-state index in [4.69, 9.17) is 9.47 Å². The molecule has 7 aliphatic rings. The lowest BCUT2D eigenvalue weighted by atomic mass is 9.32. The molecule has 7 nitrogen and oxygen atoms in total. The molecule has 1 heterocycles. The van der Waals surface area contributed by atoms with Crippen LogP contribution >= 0.6 is 0 Å². The maximum absolute atomic E-state index is 15.2. The first-order chi connectivity index (χ1) is 27.5. The summed E-state index contributed by atoms with van der Waals surface area (Å²) < 4.78 is 12.1. The Morgan fingerprint density at radius 3 is 2.28 bits per heavy atom. The second kappa shape index (κ2) is 15.0. The van der Waals surface area contributed by atoms with Crippen LogP contribution in [0.25, 0.3) is 11.1 Å². The van der Waals surface area contributed by atoms with E-state index in [-0.39, 0.29) is 41.2 Å². The number of carbonyl (C=O) groups is 1. The third-order valence-corrected chi connectivity index (χ3v) is 16.1. The number of benzene rings is 3. The number of ether oxygens (including phenoxy) is 2. The minimum absolute atomic E-state index is 0.0504. The first kappa shape index (κ1) is 39.1. The maximum atomic E-state index is 15.2. The minimum atomic E-state index is -1.03. The zero-order chi connectivity index (χ0) is 39.5. The third kappa shape index (κ3) is 6.52. The summed E-state index contributed by atoms with van der Waals surface area (Å²) in [4.78, 5) is 17.4. The van der Waals surface area contributed by atoms with Crippen molar-refractivity contribution in [1.29, 1.82) is 0 Å². The van der Waals surface area contributed by atoms with Gasteiger partial charge in [0.05, 0.1) is 37.1 Å². The van der Waals surface area contributed by atoms with E-state index in [0.717, 1.165) is 73.8 Å². The van der Waals surface area contributed by atoms with Crippen molar-refractivity contribution in [3.8, 4) is 11.1 Å². The molecule has 3 saturated carbocycles. The standard InChI is InChI=1S/C50H61NO6/c1-46-22-19-39(52)28-48(46)25-26-50(42(29-48)45(54)38-17-15-37(16-18-38)36-12-7-4-8-13-36)43(46)20-23-47(2)44(50)21-24-49(47,55)34-51(31-41-14-9-27-57-41)30-40(53)33-56-32-35-10-5-3-6-11-35/h3-8,10-13,15-18,25-26,29,39-41,43-44,52-53,55H,9,14,19-24,27-28,30-34H2,1-2H3. The van der Waals surface area contributed by atoms with Gasteiger partial charge >= 0.3 is 0 Å². The number of aliphatic hydroxyl groups is 3. The van der Waals surface area contributed by atoms with Crippen LogP contribution in [-0.4, -0.2) is 82.8 Å². The van der Waals surface area contributed by atoms with E-state index in [0.29, 0.717) is 44.6 Å². The van der Waals surface area contributed by atoms with Crippen molar-refractivity contribution in [1.82, 2.24) is 4.90 Å². The Hall–Kier alpha value is -3.43. The molecule has 302 valence electrons. The predicted octanol–water partition coefficient (Wildman–Crippen LogP) is 8.19. The van der Waals surface area contributed by atoms with Crippen molar-refractivity contribution in [2.24, 2.45) is 33.5 Å². The Bertz CT molecular complexity index is 1980. The fraction of sp³-hybridized carbons (Fsp3) is 0.540.